The van der Waals surface area contributed by atoms with Gasteiger partial charge in [0.2, 0.25) is 0 Å². The summed E-state index contributed by atoms with van der Waals surface area (Å²) < 4.78 is 75.7. The monoisotopic (exact) mass is 269 g/mol. The number of carbonyl (C=O) groups is 2. The predicted molar refractivity (Wildman–Crippen MR) is 68.2 cm³/mol. The molecular formula is C12H24N2O4. The van der Waals surface area contributed by atoms with Gasteiger partial charge in [0, 0.05) is 23.8 Å². The average molecular weight is 269 g/mol. The van der Waals surface area contributed by atoms with Gasteiger partial charge in [-0.05, 0) is 20.1 Å². The van der Waals surface area contributed by atoms with Crippen molar-refractivity contribution in [3.63, 3.8) is 0 Å². The molecule has 0 radical (unpaired) electrons. The highest BCUT2D eigenvalue weighted by molar-refractivity contribution is 5.67. The van der Waals surface area contributed by atoms with E-state index in [0.717, 1.165) is 0 Å². The minimum Gasteiger partial charge on any atom is -0.449 e. The van der Waals surface area contributed by atoms with Crippen molar-refractivity contribution in [2.24, 2.45) is 11.1 Å². The second-order valence-electron chi connectivity index (χ2n) is 3.79. The van der Waals surface area contributed by atoms with Crippen LogP contribution in [-0.4, -0.2) is 31.4 Å². The third-order valence-corrected chi connectivity index (χ3v) is 1.96. The maximum absolute atomic E-state index is 11.9. The zero-order chi connectivity index (χ0) is 21.7. The van der Waals surface area contributed by atoms with Crippen LogP contribution in [0, 0.1) is 5.41 Å². The van der Waals surface area contributed by atoms with Crippen LogP contribution in [0.2, 0.25) is 0 Å². The largest absolute Gasteiger partial charge is 0.449 e. The third-order valence-electron chi connectivity index (χ3n) is 1.96. The van der Waals surface area contributed by atoms with Gasteiger partial charge < -0.3 is 20.5 Å². The van der Waals surface area contributed by atoms with E-state index < -0.39 is 57.4 Å². The van der Waals surface area contributed by atoms with Crippen LogP contribution in [0.15, 0.2) is 0 Å². The minimum absolute atomic E-state index is 0.0357. The number of alkyl carbamates (subject to hydrolysis) is 1. The van der Waals surface area contributed by atoms with Gasteiger partial charge in [-0.15, -0.1) is 0 Å². The Morgan fingerprint density at radius 2 is 2.06 bits per heavy atom. The van der Waals surface area contributed by atoms with E-state index >= 15 is 0 Å². The Hall–Kier alpha value is -1.46. The molecule has 0 saturated carbocycles. The number of nitrogens with one attached hydrogen (secondary N) is 1. The summed E-state index contributed by atoms with van der Waals surface area (Å²) in [5, 5.41) is 1.73. The second kappa shape index (κ2) is 7.79. The topological polar surface area (TPSA) is 90.7 Å². The van der Waals surface area contributed by atoms with Crippen molar-refractivity contribution < 1.29 is 31.4 Å². The molecule has 0 heterocycles. The molecule has 0 aromatic carbocycles. The van der Waals surface area contributed by atoms with Crippen LogP contribution >= 0.6 is 0 Å². The van der Waals surface area contributed by atoms with E-state index in [-0.39, 0.29) is 6.42 Å². The molecular weight excluding hydrogens is 236 g/mol. The molecule has 0 saturated heterocycles. The van der Waals surface area contributed by atoms with Crippen LogP contribution in [0.1, 0.15) is 52.7 Å². The zero-order valence-electron chi connectivity index (χ0n) is 19.1. The molecule has 18 heavy (non-hydrogen) atoms. The number of amides is 2. The van der Waals surface area contributed by atoms with E-state index in [4.69, 9.17) is 22.8 Å². The Bertz CT molecular complexity index is 504. The SMILES string of the molecule is [2H]C([2H])([2H])C(NC(=O)OCC(CCC)(COC(N)=O)C([2H])([2H])[2H])C([2H])([2H])[2H]. The first kappa shape index (κ1) is 6.63. The van der Waals surface area contributed by atoms with Crippen LogP contribution in [0.5, 0.6) is 0 Å². The third kappa shape index (κ3) is 7.76. The quantitative estimate of drug-likeness (QED) is 0.739. The van der Waals surface area contributed by atoms with E-state index in [1.165, 1.54) is 0 Å². The highest BCUT2D eigenvalue weighted by atomic mass is 16.6. The molecule has 0 aliphatic carbocycles. The molecule has 0 aliphatic rings. The van der Waals surface area contributed by atoms with Crippen LogP contribution in [0.3, 0.4) is 0 Å². The van der Waals surface area contributed by atoms with Gasteiger partial charge in [-0.3, -0.25) is 0 Å². The molecule has 0 fully saturated rings. The van der Waals surface area contributed by atoms with E-state index in [1.807, 2.05) is 0 Å². The molecule has 0 aromatic rings. The lowest BCUT2D eigenvalue weighted by molar-refractivity contribution is 0.0333. The first-order chi connectivity index (χ1) is 12.0. The summed E-state index contributed by atoms with van der Waals surface area (Å²) in [5.41, 5.74) is 3.08. The highest BCUT2D eigenvalue weighted by Crippen LogP contribution is 2.24. The predicted octanol–water partition coefficient (Wildman–Crippen LogP) is 2.02. The lowest BCUT2D eigenvalue weighted by atomic mass is 9.87. The molecule has 3 N–H and O–H groups in total. The number of ether oxygens (including phenoxy) is 2. The van der Waals surface area contributed by atoms with Gasteiger partial charge in [-0.1, -0.05) is 20.2 Å². The lowest BCUT2D eigenvalue weighted by Gasteiger charge is -2.27. The van der Waals surface area contributed by atoms with Crippen molar-refractivity contribution in [2.75, 3.05) is 13.2 Å². The normalized spacial score (nSPS) is 23.3. The summed E-state index contributed by atoms with van der Waals surface area (Å²) in [6, 6.07) is -2.20. The molecule has 0 aliphatic heterocycles. The van der Waals surface area contributed by atoms with Gasteiger partial charge in [0.25, 0.3) is 0 Å². The highest BCUT2D eigenvalue weighted by Gasteiger charge is 2.27. The van der Waals surface area contributed by atoms with Crippen molar-refractivity contribution >= 4 is 12.2 Å². The zero-order valence-corrected chi connectivity index (χ0v) is 10.1. The molecule has 1 unspecified atom stereocenters. The second-order valence-corrected chi connectivity index (χ2v) is 3.79. The lowest BCUT2D eigenvalue weighted by Crippen LogP contribution is -2.37. The summed E-state index contributed by atoms with van der Waals surface area (Å²) in [6.07, 6.45) is -2.34. The fourth-order valence-corrected chi connectivity index (χ4v) is 1.24. The van der Waals surface area contributed by atoms with Gasteiger partial charge in [0.15, 0.2) is 0 Å². The molecule has 0 aromatic heterocycles. The Morgan fingerprint density at radius 1 is 1.39 bits per heavy atom. The molecule has 0 bridgehead atoms. The number of primary amides is 1. The van der Waals surface area contributed by atoms with Crippen LogP contribution in [0.25, 0.3) is 0 Å². The number of rotatable bonds is 7. The minimum atomic E-state index is -3.04. The van der Waals surface area contributed by atoms with E-state index in [0.29, 0.717) is 6.42 Å². The van der Waals surface area contributed by atoms with Crippen molar-refractivity contribution in [3.8, 4) is 0 Å². The van der Waals surface area contributed by atoms with Gasteiger partial charge in [0.1, 0.15) is 13.2 Å². The van der Waals surface area contributed by atoms with Gasteiger partial charge in [-0.25, -0.2) is 9.59 Å². The molecule has 1 atom stereocenters. The molecule has 106 valence electrons. The van der Waals surface area contributed by atoms with Crippen molar-refractivity contribution in [2.45, 2.75) is 46.4 Å². The number of hydrogen-bond acceptors (Lipinski definition) is 4. The fourth-order valence-electron chi connectivity index (χ4n) is 1.24. The number of nitrogens with two attached hydrogens (primary N) is 1. The standard InChI is InChI=1S/C12H24N2O4/c1-5-6-12(4,7-17-10(13)15)8-18-11(16)14-9(2)3/h9H,5-8H2,1-4H3,(H2,13,15)(H,14,16)/i2D3,3D3,4D3. The van der Waals surface area contributed by atoms with Gasteiger partial charge >= 0.3 is 12.2 Å². The Balaban J connectivity index is 5.35. The molecule has 6 nitrogen and oxygen atoms in total. The first-order valence-electron chi connectivity index (χ1n) is 9.82. The summed E-state index contributed by atoms with van der Waals surface area (Å²) in [4.78, 5) is 22.8. The average Bonchev–Trinajstić information content (AvgIpc) is 2.44. The number of carbonyl (C=O) groups excluding carboxylic acids is 2. The smallest absolute Gasteiger partial charge is 0.407 e. The van der Waals surface area contributed by atoms with Crippen LogP contribution in [-0.2, 0) is 9.47 Å². The fraction of sp³-hybridized carbons (Fsp3) is 0.833. The maximum Gasteiger partial charge on any atom is 0.407 e. The Labute approximate surface area is 121 Å². The Morgan fingerprint density at radius 3 is 2.56 bits per heavy atom. The summed E-state index contributed by atoms with van der Waals surface area (Å²) in [5.74, 6) is 0. The van der Waals surface area contributed by atoms with Gasteiger partial charge in [0.05, 0.1) is 0 Å². The van der Waals surface area contributed by atoms with E-state index in [1.54, 1.807) is 12.2 Å². The van der Waals surface area contributed by atoms with E-state index in [9.17, 15) is 9.59 Å². The Kier molecular flexibility index (Phi) is 2.87. The molecule has 0 spiro atoms. The van der Waals surface area contributed by atoms with Crippen molar-refractivity contribution in [1.82, 2.24) is 5.32 Å². The van der Waals surface area contributed by atoms with Crippen molar-refractivity contribution in [3.05, 3.63) is 0 Å². The summed E-state index contributed by atoms with van der Waals surface area (Å²) in [7, 11) is 0. The molecule has 2 amide bonds. The summed E-state index contributed by atoms with van der Waals surface area (Å²) >= 11 is 0. The maximum atomic E-state index is 11.9. The first-order valence-corrected chi connectivity index (χ1v) is 5.32. The number of hydrogen-bond donors (Lipinski definition) is 2. The molecule has 6 heteroatoms. The molecule has 0 rings (SSSR count). The van der Waals surface area contributed by atoms with E-state index in [2.05, 4.69) is 4.74 Å². The van der Waals surface area contributed by atoms with Crippen LogP contribution < -0.4 is 11.1 Å². The van der Waals surface area contributed by atoms with Crippen molar-refractivity contribution in [1.29, 1.82) is 0 Å². The summed E-state index contributed by atoms with van der Waals surface area (Å²) in [6.45, 7) is -8.57. The van der Waals surface area contributed by atoms with Crippen LogP contribution in [0.4, 0.5) is 9.59 Å². The van der Waals surface area contributed by atoms with Gasteiger partial charge in [-0.2, -0.15) is 0 Å².